The SMILES string of the molecule is [H+].[H+].[H+].[H+].[H+].[H+].[H+].[H+].[H+].[H+].[H+].[H+].[Na+].[Na+].[O]=[Sn]([O-])[O-].[O]=[Sn]([O-])[O-].[O]=[Sn]([O-])[O-].[O]=[Sn]([O-])[O-].[O]=[Sn]([O-])[O-].[O]=[Sn]([O-])[O-].[O]=[Sn]([O-])[O-]. The Bertz CT molecular complexity index is 349. The second-order valence-corrected chi connectivity index (χ2v) is 11.7. The molecule has 0 aliphatic rings. The minimum atomic E-state index is -4.29. The van der Waals surface area contributed by atoms with E-state index in [9.17, 15) is 0 Å². The zero-order valence-corrected chi connectivity index (χ0v) is 38.1. The summed E-state index contributed by atoms with van der Waals surface area (Å²) in [6.07, 6.45) is 0. The molecule has 0 aliphatic carbocycles. The summed E-state index contributed by atoms with van der Waals surface area (Å²) in [5.41, 5.74) is 0. The Kier molecular flexibility index (Phi) is 111. The van der Waals surface area contributed by atoms with Crippen molar-refractivity contribution in [1.29, 1.82) is 0 Å². The third kappa shape index (κ3) is 1130. The molecular formula is H12Na2O21Sn7. The quantitative estimate of drug-likeness (QED) is 0.203. The first-order chi connectivity index (χ1) is 12.1. The van der Waals surface area contributed by atoms with E-state index in [2.05, 4.69) is 0 Å². The molecule has 0 bridgehead atoms. The summed E-state index contributed by atoms with van der Waals surface area (Å²) in [6.45, 7) is 0. The van der Waals surface area contributed by atoms with Gasteiger partial charge >= 0.3 is 290 Å². The average molecular weight is 1230 g/mol. The predicted molar refractivity (Wildman–Crippen MR) is 58.4 cm³/mol. The van der Waals surface area contributed by atoms with Gasteiger partial charge in [0.05, 0.1) is 0 Å². The second kappa shape index (κ2) is 55.2. The molecule has 0 unspecified atom stereocenters. The van der Waals surface area contributed by atoms with Crippen LogP contribution in [0.2, 0.25) is 0 Å². The summed E-state index contributed by atoms with van der Waals surface area (Å²) in [6, 6.07) is 0. The van der Waals surface area contributed by atoms with Crippen molar-refractivity contribution >= 4 is 144 Å². The van der Waals surface area contributed by atoms with Crippen LogP contribution < -0.4 is 107 Å². The van der Waals surface area contributed by atoms with Crippen LogP contribution in [0.25, 0.3) is 0 Å². The van der Waals surface area contributed by atoms with Crippen LogP contribution in [0.3, 0.4) is 0 Å². The molecule has 0 aliphatic heterocycles. The summed E-state index contributed by atoms with van der Waals surface area (Å²) in [4.78, 5) is 0. The van der Waals surface area contributed by atoms with E-state index in [1.54, 1.807) is 0 Å². The Hall–Kier alpha value is 5.63. The van der Waals surface area contributed by atoms with E-state index >= 15 is 0 Å². The zero-order valence-electron chi connectivity index (χ0n) is 26.1. The van der Waals surface area contributed by atoms with Gasteiger partial charge < -0.3 is 0 Å². The Balaban J connectivity index is -0.00000000611. The Morgan fingerprint density at radius 1 is 0.267 bits per heavy atom. The zero-order chi connectivity index (χ0) is 25.0. The van der Waals surface area contributed by atoms with Crippen molar-refractivity contribution in [1.82, 2.24) is 0 Å². The molecule has 0 fully saturated rings. The van der Waals surface area contributed by atoms with Gasteiger partial charge in [0.25, 0.3) is 0 Å². The summed E-state index contributed by atoms with van der Waals surface area (Å²) >= 11 is -30.1. The van der Waals surface area contributed by atoms with Crippen LogP contribution in [-0.2, 0) is 21.5 Å². The van der Waals surface area contributed by atoms with Crippen LogP contribution in [-0.4, -0.2) is 144 Å². The first-order valence-electron chi connectivity index (χ1n) is 4.29. The first kappa shape index (κ1) is 60.3. The topological polar surface area (TPSA) is 442 Å². The van der Waals surface area contributed by atoms with Crippen molar-refractivity contribution in [3.05, 3.63) is 0 Å². The van der Waals surface area contributed by atoms with E-state index in [1.165, 1.54) is 0 Å². The van der Waals surface area contributed by atoms with Gasteiger partial charge in [0, 0.05) is 0 Å². The van der Waals surface area contributed by atoms with E-state index in [1.807, 2.05) is 0 Å². The molecule has 0 aromatic carbocycles. The molecule has 0 aromatic rings. The standard InChI is InChI=1S/2Na.21O.7Sn/q2*+1;;;;;;;;14*-1;;;;;;;/p+12. The summed E-state index contributed by atoms with van der Waals surface area (Å²) in [5, 5.41) is 0. The molecule has 0 atom stereocenters. The molecule has 0 spiro atoms. The summed E-state index contributed by atoms with van der Waals surface area (Å²) in [7, 11) is 0. The monoisotopic (exact) mass is 1230 g/mol. The molecule has 21 nitrogen and oxygen atoms in total. The summed E-state index contributed by atoms with van der Waals surface area (Å²) < 4.78 is 181. The summed E-state index contributed by atoms with van der Waals surface area (Å²) in [5.74, 6) is 0. The van der Waals surface area contributed by atoms with Gasteiger partial charge in [-0.05, 0) is 0 Å². The molecule has 30 heavy (non-hydrogen) atoms. The van der Waals surface area contributed by atoms with Gasteiger partial charge in [0.15, 0.2) is 0 Å². The van der Waals surface area contributed by atoms with Crippen LogP contribution in [0.1, 0.15) is 17.1 Å². The molecule has 0 rings (SSSR count). The van der Waals surface area contributed by atoms with E-state index in [4.69, 9.17) is 69.8 Å². The Morgan fingerprint density at radius 3 is 0.267 bits per heavy atom. The first-order valence-corrected chi connectivity index (χ1v) is 28.8. The van der Waals surface area contributed by atoms with Crippen molar-refractivity contribution in [2.24, 2.45) is 0 Å². The third-order valence-corrected chi connectivity index (χ3v) is 0. The molecule has 0 heterocycles. The molecule has 0 N–H and O–H groups in total. The number of hydrogen-bond acceptors (Lipinski definition) is 21. The van der Waals surface area contributed by atoms with Crippen LogP contribution in [0, 0.1) is 0 Å². The van der Waals surface area contributed by atoms with Crippen LogP contribution in [0.5, 0.6) is 0 Å². The van der Waals surface area contributed by atoms with E-state index in [-0.39, 0.29) is 76.2 Å². The van der Waals surface area contributed by atoms with Crippen LogP contribution in [0.4, 0.5) is 0 Å². The molecule has 0 aromatic heterocycles. The van der Waals surface area contributed by atoms with Crippen molar-refractivity contribution in [3.8, 4) is 0 Å². The molecule has 0 saturated carbocycles. The van der Waals surface area contributed by atoms with E-state index in [0.29, 0.717) is 0 Å². The fourth-order valence-electron chi connectivity index (χ4n) is 0. The second-order valence-electron chi connectivity index (χ2n) is 1.75. The van der Waals surface area contributed by atoms with Gasteiger partial charge in [-0.3, -0.25) is 0 Å². The molecule has 30 heteroatoms. The van der Waals surface area contributed by atoms with Crippen molar-refractivity contribution in [3.63, 3.8) is 0 Å². The third-order valence-electron chi connectivity index (χ3n) is 0. The normalized spacial score (nSPS) is 6.07. The number of rotatable bonds is 0. The molecule has 0 radical (unpaired) electrons. The van der Waals surface area contributed by atoms with Gasteiger partial charge in [-0.25, -0.2) is 0 Å². The molecule has 0 amide bonds. The van der Waals surface area contributed by atoms with Crippen molar-refractivity contribution < 1.29 is 146 Å². The van der Waals surface area contributed by atoms with E-state index < -0.39 is 144 Å². The molecule has 0 saturated heterocycles. The van der Waals surface area contributed by atoms with Gasteiger partial charge in [-0.2, -0.15) is 0 Å². The maximum absolute atomic E-state index is 8.61. The van der Waals surface area contributed by atoms with Gasteiger partial charge in [-0.1, -0.05) is 0 Å². The van der Waals surface area contributed by atoms with Gasteiger partial charge in [0.2, 0.25) is 0 Å². The fourth-order valence-corrected chi connectivity index (χ4v) is 0. The number of hydrogen-bond donors (Lipinski definition) is 0. The Labute approximate surface area is 284 Å². The van der Waals surface area contributed by atoms with Crippen LogP contribution >= 0.6 is 0 Å². The van der Waals surface area contributed by atoms with Crippen LogP contribution in [0.15, 0.2) is 0 Å². The van der Waals surface area contributed by atoms with Gasteiger partial charge in [-0.15, -0.1) is 0 Å². The van der Waals surface area contributed by atoms with Crippen molar-refractivity contribution in [2.45, 2.75) is 0 Å². The average Bonchev–Trinajstić information content (AvgIpc) is 2.20. The molecular weight excluding hydrogens is 1210 g/mol. The molecule has 168 valence electrons. The minimum absolute atomic E-state index is 0. The maximum atomic E-state index is 8.61. The fraction of sp³-hybridized carbons (Fsp3) is 0. The van der Waals surface area contributed by atoms with Crippen molar-refractivity contribution in [2.75, 3.05) is 0 Å². The van der Waals surface area contributed by atoms with E-state index in [0.717, 1.165) is 0 Å². The Morgan fingerprint density at radius 2 is 0.267 bits per heavy atom. The van der Waals surface area contributed by atoms with Gasteiger partial charge in [0.1, 0.15) is 0 Å². The predicted octanol–water partition coefficient (Wildman–Crippen LogP) is -24.8.